The number of alkyl halides is 2. The summed E-state index contributed by atoms with van der Waals surface area (Å²) in [6.07, 6.45) is 2.29. The van der Waals surface area contributed by atoms with E-state index in [4.69, 9.17) is 9.47 Å². The minimum atomic E-state index is -0.592. The normalized spacial score (nSPS) is 24.5. The van der Waals surface area contributed by atoms with Crippen molar-refractivity contribution in [1.29, 1.82) is 0 Å². The number of hydrogen-bond donors (Lipinski definition) is 0. The molecule has 7 nitrogen and oxygen atoms in total. The van der Waals surface area contributed by atoms with Crippen molar-refractivity contribution in [2.45, 2.75) is 100 Å². The molecule has 0 N–H and O–H groups in total. The number of nitrogens with zero attached hydrogens (tertiary/aromatic N) is 2. The first-order valence-corrected chi connectivity index (χ1v) is 12.4. The first kappa shape index (κ1) is 25.4. The summed E-state index contributed by atoms with van der Waals surface area (Å²) in [5.74, 6) is -0.0732. The molecule has 4 atom stereocenters. The molecule has 2 aliphatic rings. The lowest BCUT2D eigenvalue weighted by Crippen LogP contribution is -2.51. The fourth-order valence-corrected chi connectivity index (χ4v) is 5.84. The number of ketones is 1. The molecule has 0 radical (unpaired) electrons. The van der Waals surface area contributed by atoms with Crippen LogP contribution in [-0.4, -0.2) is 73.8 Å². The second-order valence-corrected chi connectivity index (χ2v) is 11.9. The van der Waals surface area contributed by atoms with Gasteiger partial charge in [-0.1, -0.05) is 31.9 Å². The number of rotatable bonds is 4. The van der Waals surface area contributed by atoms with Crippen molar-refractivity contribution in [3.8, 4) is 0 Å². The van der Waals surface area contributed by atoms with Gasteiger partial charge in [-0.2, -0.15) is 0 Å². The Morgan fingerprint density at radius 2 is 1.10 bits per heavy atom. The van der Waals surface area contributed by atoms with Gasteiger partial charge in [-0.25, -0.2) is 9.59 Å². The van der Waals surface area contributed by atoms with Crippen LogP contribution in [0.25, 0.3) is 0 Å². The molecule has 0 bridgehead atoms. The lowest BCUT2D eigenvalue weighted by molar-refractivity contribution is -0.119. The van der Waals surface area contributed by atoms with E-state index in [1.165, 1.54) is 0 Å². The van der Waals surface area contributed by atoms with Gasteiger partial charge in [0, 0.05) is 13.1 Å². The van der Waals surface area contributed by atoms with Gasteiger partial charge in [0.1, 0.15) is 11.2 Å². The maximum atomic E-state index is 13.3. The van der Waals surface area contributed by atoms with Crippen LogP contribution in [-0.2, 0) is 14.3 Å². The standard InChI is InChI=1S/C21H34Br2N2O5/c1-20(2,3)29-18(27)24-11-7-9-13(24)15(22)17(26)16(23)14-10-8-12-25(14)19(28)30-21(4,5)6/h13-16H,7-12H2,1-6H3/t13-,14-,15?,16?/m1/s1. The zero-order chi connectivity index (χ0) is 22.9. The minimum absolute atomic E-state index is 0.0732. The van der Waals surface area contributed by atoms with E-state index < -0.39 is 33.0 Å². The molecule has 2 saturated heterocycles. The summed E-state index contributed by atoms with van der Waals surface area (Å²) < 4.78 is 11.0. The van der Waals surface area contributed by atoms with Crippen LogP contribution in [0.15, 0.2) is 0 Å². The molecule has 0 aromatic carbocycles. The summed E-state index contributed by atoms with van der Waals surface area (Å²) in [7, 11) is 0. The SMILES string of the molecule is CC(C)(C)OC(=O)N1CCC[C@@H]1C(Br)C(=O)C(Br)[C@H]1CCCN1C(=O)OC(C)(C)C. The van der Waals surface area contributed by atoms with Crippen LogP contribution in [0, 0.1) is 0 Å². The molecule has 0 aliphatic carbocycles. The summed E-state index contributed by atoms with van der Waals surface area (Å²) in [6.45, 7) is 12.1. The molecule has 0 saturated carbocycles. The summed E-state index contributed by atoms with van der Waals surface area (Å²) in [4.78, 5) is 40.6. The van der Waals surface area contributed by atoms with E-state index in [0.717, 1.165) is 25.7 Å². The van der Waals surface area contributed by atoms with E-state index in [1.54, 1.807) is 9.80 Å². The Balaban J connectivity index is 2.07. The number of likely N-dealkylation sites (tertiary alicyclic amines) is 2. The highest BCUT2D eigenvalue weighted by atomic mass is 79.9. The maximum absolute atomic E-state index is 13.3. The lowest BCUT2D eigenvalue weighted by Gasteiger charge is -2.33. The average molecular weight is 554 g/mol. The van der Waals surface area contributed by atoms with Crippen LogP contribution < -0.4 is 0 Å². The molecule has 2 fully saturated rings. The Bertz CT molecular complexity index is 605. The van der Waals surface area contributed by atoms with E-state index in [0.29, 0.717) is 13.1 Å². The minimum Gasteiger partial charge on any atom is -0.444 e. The summed E-state index contributed by atoms with van der Waals surface area (Å²) >= 11 is 7.10. The molecule has 0 aromatic heterocycles. The fraction of sp³-hybridized carbons (Fsp3) is 0.857. The molecular weight excluding hydrogens is 520 g/mol. The summed E-state index contributed by atoms with van der Waals surface area (Å²) in [6, 6.07) is -0.549. The van der Waals surface area contributed by atoms with Crippen LogP contribution in [0.5, 0.6) is 0 Å². The first-order chi connectivity index (χ1) is 13.7. The highest BCUT2D eigenvalue weighted by Crippen LogP contribution is 2.33. The van der Waals surface area contributed by atoms with Crippen molar-refractivity contribution in [2.24, 2.45) is 0 Å². The van der Waals surface area contributed by atoms with Crippen molar-refractivity contribution in [3.63, 3.8) is 0 Å². The second-order valence-electron chi connectivity index (χ2n) is 9.97. The lowest BCUT2D eigenvalue weighted by atomic mass is 10.0. The third-order valence-electron chi connectivity index (χ3n) is 5.07. The Hall–Kier alpha value is -0.830. The number of ether oxygens (including phenoxy) is 2. The van der Waals surface area contributed by atoms with E-state index in [-0.39, 0.29) is 17.9 Å². The summed E-state index contributed by atoms with van der Waals surface area (Å²) in [5.41, 5.74) is -1.18. The molecule has 2 amide bonds. The highest BCUT2D eigenvalue weighted by molar-refractivity contribution is 9.10. The van der Waals surface area contributed by atoms with Crippen molar-refractivity contribution >= 4 is 49.8 Å². The van der Waals surface area contributed by atoms with Crippen molar-refractivity contribution < 1.29 is 23.9 Å². The zero-order valence-corrected chi connectivity index (χ0v) is 21.9. The Kier molecular flexibility index (Phi) is 8.27. The monoisotopic (exact) mass is 552 g/mol. The number of hydrogen-bond acceptors (Lipinski definition) is 5. The van der Waals surface area contributed by atoms with Gasteiger partial charge in [-0.05, 0) is 67.2 Å². The second kappa shape index (κ2) is 9.76. The molecule has 9 heteroatoms. The smallest absolute Gasteiger partial charge is 0.410 e. The number of Topliss-reactive ketones (excluding diaryl/α,β-unsaturated/α-hetero) is 1. The van der Waals surface area contributed by atoms with E-state index in [1.807, 2.05) is 41.5 Å². The molecule has 2 heterocycles. The molecular formula is C21H34Br2N2O5. The zero-order valence-electron chi connectivity index (χ0n) is 18.7. The fourth-order valence-electron chi connectivity index (χ4n) is 3.82. The van der Waals surface area contributed by atoms with Gasteiger partial charge in [-0.3, -0.25) is 4.79 Å². The van der Waals surface area contributed by atoms with E-state index in [2.05, 4.69) is 31.9 Å². The molecule has 30 heavy (non-hydrogen) atoms. The highest BCUT2D eigenvalue weighted by Gasteiger charge is 2.45. The quantitative estimate of drug-likeness (QED) is 0.464. The number of halogens is 2. The maximum Gasteiger partial charge on any atom is 0.410 e. The molecule has 172 valence electrons. The van der Waals surface area contributed by atoms with Crippen molar-refractivity contribution in [3.05, 3.63) is 0 Å². The van der Waals surface area contributed by atoms with Gasteiger partial charge in [0.2, 0.25) is 0 Å². The van der Waals surface area contributed by atoms with Crippen LogP contribution in [0.4, 0.5) is 9.59 Å². The van der Waals surface area contributed by atoms with E-state index >= 15 is 0 Å². The van der Waals surface area contributed by atoms with Crippen molar-refractivity contribution in [2.75, 3.05) is 13.1 Å². The molecule has 2 unspecified atom stereocenters. The van der Waals surface area contributed by atoms with Gasteiger partial charge < -0.3 is 19.3 Å². The third kappa shape index (κ3) is 6.58. The molecule has 0 aromatic rings. The van der Waals surface area contributed by atoms with Crippen LogP contribution in [0.1, 0.15) is 67.2 Å². The van der Waals surface area contributed by atoms with Gasteiger partial charge in [0.05, 0.1) is 21.7 Å². The summed E-state index contributed by atoms with van der Waals surface area (Å²) in [5, 5.41) is 0. The number of carbonyl (C=O) groups excluding carboxylic acids is 3. The van der Waals surface area contributed by atoms with Gasteiger partial charge >= 0.3 is 12.2 Å². The predicted octanol–water partition coefficient (Wildman–Crippen LogP) is 4.88. The van der Waals surface area contributed by atoms with Gasteiger partial charge in [-0.15, -0.1) is 0 Å². The molecule has 2 rings (SSSR count). The topological polar surface area (TPSA) is 76.2 Å². The van der Waals surface area contributed by atoms with Crippen LogP contribution >= 0.6 is 31.9 Å². The van der Waals surface area contributed by atoms with Crippen LogP contribution in [0.2, 0.25) is 0 Å². The Morgan fingerprint density at radius 1 is 0.767 bits per heavy atom. The largest absolute Gasteiger partial charge is 0.444 e. The predicted molar refractivity (Wildman–Crippen MR) is 122 cm³/mol. The van der Waals surface area contributed by atoms with Gasteiger partial charge in [0.15, 0.2) is 5.78 Å². The average Bonchev–Trinajstić information content (AvgIpc) is 3.25. The first-order valence-electron chi connectivity index (χ1n) is 10.5. The third-order valence-corrected chi connectivity index (χ3v) is 7.20. The number of carbonyl (C=O) groups is 3. The Labute approximate surface area is 196 Å². The molecule has 0 spiro atoms. The number of amides is 2. The van der Waals surface area contributed by atoms with Crippen LogP contribution in [0.3, 0.4) is 0 Å². The van der Waals surface area contributed by atoms with Crippen molar-refractivity contribution in [1.82, 2.24) is 9.80 Å². The molecule has 2 aliphatic heterocycles. The van der Waals surface area contributed by atoms with E-state index in [9.17, 15) is 14.4 Å². The van der Waals surface area contributed by atoms with Gasteiger partial charge in [0.25, 0.3) is 0 Å². The Morgan fingerprint density at radius 3 is 1.40 bits per heavy atom.